The number of thiophene rings is 1. The van der Waals surface area contributed by atoms with Crippen molar-refractivity contribution in [3.63, 3.8) is 0 Å². The zero-order valence-corrected chi connectivity index (χ0v) is 12.8. The van der Waals surface area contributed by atoms with Crippen molar-refractivity contribution >= 4 is 33.1 Å². The van der Waals surface area contributed by atoms with Crippen LogP contribution >= 0.6 is 11.3 Å². The van der Waals surface area contributed by atoms with Crippen LogP contribution in [0.5, 0.6) is 0 Å². The van der Waals surface area contributed by atoms with E-state index in [1.807, 2.05) is 11.3 Å². The molecule has 3 nitrogen and oxygen atoms in total. The zero-order valence-electron chi connectivity index (χ0n) is 12.0. The minimum atomic E-state index is 0.947. The summed E-state index contributed by atoms with van der Waals surface area (Å²) in [4.78, 5) is 11.6. The van der Waals surface area contributed by atoms with Crippen LogP contribution in [0.4, 0.5) is 11.5 Å². The average Bonchev–Trinajstić information content (AvgIpc) is 2.89. The minimum absolute atomic E-state index is 0.947. The van der Waals surface area contributed by atoms with Gasteiger partial charge in [-0.25, -0.2) is 9.97 Å². The standard InChI is InChI=1S/C17H17N3S/c1-11-6-8-12(9-7-11)20-16-15-13-4-2-3-5-14(13)21-17(15)19-10-18-16/h6-10H,2-5H2,1H3,(H,18,19,20). The summed E-state index contributed by atoms with van der Waals surface area (Å²) < 4.78 is 0. The van der Waals surface area contributed by atoms with Crippen LogP contribution in [0.25, 0.3) is 10.2 Å². The molecule has 21 heavy (non-hydrogen) atoms. The van der Waals surface area contributed by atoms with E-state index in [1.165, 1.54) is 40.7 Å². The second-order valence-corrected chi connectivity index (χ2v) is 6.69. The molecule has 3 aromatic rings. The van der Waals surface area contributed by atoms with E-state index in [0.717, 1.165) is 22.8 Å². The van der Waals surface area contributed by atoms with Crippen LogP contribution in [-0.2, 0) is 12.8 Å². The molecule has 0 saturated carbocycles. The molecule has 0 radical (unpaired) electrons. The first-order valence-electron chi connectivity index (χ1n) is 7.40. The molecule has 0 atom stereocenters. The normalized spacial score (nSPS) is 14.1. The van der Waals surface area contributed by atoms with E-state index in [2.05, 4.69) is 46.5 Å². The highest BCUT2D eigenvalue weighted by atomic mass is 32.1. The molecule has 0 amide bonds. The van der Waals surface area contributed by atoms with Crippen LogP contribution in [0, 0.1) is 6.92 Å². The fourth-order valence-corrected chi connectivity index (χ4v) is 4.19. The van der Waals surface area contributed by atoms with Gasteiger partial charge in [-0.15, -0.1) is 11.3 Å². The van der Waals surface area contributed by atoms with Crippen molar-refractivity contribution in [1.82, 2.24) is 9.97 Å². The van der Waals surface area contributed by atoms with Crippen LogP contribution < -0.4 is 5.32 Å². The first-order valence-corrected chi connectivity index (χ1v) is 8.22. The SMILES string of the molecule is Cc1ccc(Nc2ncnc3sc4c(c23)CCCC4)cc1. The molecule has 4 rings (SSSR count). The Hall–Kier alpha value is -1.94. The van der Waals surface area contributed by atoms with Crippen LogP contribution in [0.15, 0.2) is 30.6 Å². The van der Waals surface area contributed by atoms with Gasteiger partial charge in [-0.3, -0.25) is 0 Å². The largest absolute Gasteiger partial charge is 0.340 e. The number of hydrogen-bond donors (Lipinski definition) is 1. The highest BCUT2D eigenvalue weighted by molar-refractivity contribution is 7.19. The number of nitrogens with one attached hydrogen (secondary N) is 1. The molecule has 0 saturated heterocycles. The number of fused-ring (bicyclic) bond motifs is 3. The molecule has 0 fully saturated rings. The van der Waals surface area contributed by atoms with Gasteiger partial charge in [0.1, 0.15) is 17.0 Å². The number of rotatable bonds is 2. The molecule has 2 aromatic heterocycles. The van der Waals surface area contributed by atoms with Gasteiger partial charge in [-0.2, -0.15) is 0 Å². The Balaban J connectivity index is 1.81. The van der Waals surface area contributed by atoms with Gasteiger partial charge in [0.25, 0.3) is 0 Å². The first-order chi connectivity index (χ1) is 10.3. The minimum Gasteiger partial charge on any atom is -0.340 e. The fourth-order valence-electron chi connectivity index (χ4n) is 2.96. The maximum Gasteiger partial charge on any atom is 0.142 e. The van der Waals surface area contributed by atoms with Gasteiger partial charge in [-0.1, -0.05) is 17.7 Å². The Morgan fingerprint density at radius 1 is 1.05 bits per heavy atom. The molecule has 2 heterocycles. The molecule has 0 bridgehead atoms. The summed E-state index contributed by atoms with van der Waals surface area (Å²) in [6.45, 7) is 2.10. The zero-order chi connectivity index (χ0) is 14.2. The summed E-state index contributed by atoms with van der Waals surface area (Å²) in [5.41, 5.74) is 3.81. The Bertz CT molecular complexity index is 790. The van der Waals surface area contributed by atoms with E-state index in [9.17, 15) is 0 Å². The highest BCUT2D eigenvalue weighted by Crippen LogP contribution is 2.38. The third kappa shape index (κ3) is 2.29. The number of hydrogen-bond acceptors (Lipinski definition) is 4. The fraction of sp³-hybridized carbons (Fsp3) is 0.294. The molecule has 0 unspecified atom stereocenters. The summed E-state index contributed by atoms with van der Waals surface area (Å²) in [6, 6.07) is 8.43. The van der Waals surface area contributed by atoms with Gasteiger partial charge in [0.15, 0.2) is 0 Å². The molecule has 0 spiro atoms. The van der Waals surface area contributed by atoms with Gasteiger partial charge in [-0.05, 0) is 50.3 Å². The molecule has 0 aliphatic heterocycles. The molecule has 106 valence electrons. The average molecular weight is 295 g/mol. The first kappa shape index (κ1) is 12.8. The summed E-state index contributed by atoms with van der Waals surface area (Å²) in [7, 11) is 0. The van der Waals surface area contributed by atoms with Gasteiger partial charge in [0.05, 0.1) is 5.39 Å². The van der Waals surface area contributed by atoms with Crippen molar-refractivity contribution in [2.24, 2.45) is 0 Å². The van der Waals surface area contributed by atoms with E-state index < -0.39 is 0 Å². The number of benzene rings is 1. The van der Waals surface area contributed by atoms with Crippen LogP contribution in [0.2, 0.25) is 0 Å². The quantitative estimate of drug-likeness (QED) is 0.749. The number of anilines is 2. The Labute approximate surface area is 128 Å². The third-order valence-electron chi connectivity index (χ3n) is 4.07. The molecule has 1 N–H and O–H groups in total. The summed E-state index contributed by atoms with van der Waals surface area (Å²) >= 11 is 1.84. The lowest BCUT2D eigenvalue weighted by Crippen LogP contribution is -2.01. The van der Waals surface area contributed by atoms with E-state index in [-0.39, 0.29) is 0 Å². The monoisotopic (exact) mass is 295 g/mol. The van der Waals surface area contributed by atoms with Gasteiger partial charge >= 0.3 is 0 Å². The lowest BCUT2D eigenvalue weighted by molar-refractivity contribution is 0.700. The van der Waals surface area contributed by atoms with Crippen LogP contribution in [-0.4, -0.2) is 9.97 Å². The highest BCUT2D eigenvalue weighted by Gasteiger charge is 2.19. The molecule has 1 aromatic carbocycles. The number of aromatic nitrogens is 2. The van der Waals surface area contributed by atoms with E-state index in [1.54, 1.807) is 6.33 Å². The van der Waals surface area contributed by atoms with Crippen LogP contribution in [0.1, 0.15) is 28.8 Å². The summed E-state index contributed by atoms with van der Waals surface area (Å²) in [5.74, 6) is 0.947. The lowest BCUT2D eigenvalue weighted by Gasteiger charge is -2.12. The number of nitrogens with zero attached hydrogens (tertiary/aromatic N) is 2. The van der Waals surface area contributed by atoms with Crippen LogP contribution in [0.3, 0.4) is 0 Å². The maximum atomic E-state index is 4.49. The summed E-state index contributed by atoms with van der Waals surface area (Å²) in [5, 5.41) is 4.70. The van der Waals surface area contributed by atoms with Crippen molar-refractivity contribution in [1.29, 1.82) is 0 Å². The smallest absolute Gasteiger partial charge is 0.142 e. The van der Waals surface area contributed by atoms with Gasteiger partial charge in [0, 0.05) is 10.6 Å². The Morgan fingerprint density at radius 3 is 2.71 bits per heavy atom. The second kappa shape index (κ2) is 5.11. The van der Waals surface area contributed by atoms with Gasteiger partial charge in [0.2, 0.25) is 0 Å². The molecular formula is C17H17N3S. The summed E-state index contributed by atoms with van der Waals surface area (Å²) in [6.07, 6.45) is 6.60. The Morgan fingerprint density at radius 2 is 1.86 bits per heavy atom. The van der Waals surface area contributed by atoms with Crippen molar-refractivity contribution in [2.45, 2.75) is 32.6 Å². The molecule has 1 aliphatic rings. The van der Waals surface area contributed by atoms with E-state index in [4.69, 9.17) is 0 Å². The predicted octanol–water partition coefficient (Wildman–Crippen LogP) is 4.62. The van der Waals surface area contributed by atoms with Crippen molar-refractivity contribution in [2.75, 3.05) is 5.32 Å². The topological polar surface area (TPSA) is 37.8 Å². The third-order valence-corrected chi connectivity index (χ3v) is 5.27. The number of aryl methyl sites for hydroxylation is 3. The van der Waals surface area contributed by atoms with E-state index >= 15 is 0 Å². The van der Waals surface area contributed by atoms with Crippen molar-refractivity contribution in [3.05, 3.63) is 46.6 Å². The Kier molecular flexibility index (Phi) is 3.11. The molecule has 1 aliphatic carbocycles. The lowest BCUT2D eigenvalue weighted by atomic mass is 9.97. The second-order valence-electron chi connectivity index (χ2n) is 5.60. The van der Waals surface area contributed by atoms with Crippen molar-refractivity contribution < 1.29 is 0 Å². The van der Waals surface area contributed by atoms with E-state index in [0.29, 0.717) is 0 Å². The van der Waals surface area contributed by atoms with Crippen molar-refractivity contribution in [3.8, 4) is 0 Å². The molecular weight excluding hydrogens is 278 g/mol. The maximum absolute atomic E-state index is 4.49. The van der Waals surface area contributed by atoms with Gasteiger partial charge < -0.3 is 5.32 Å². The molecule has 4 heteroatoms. The predicted molar refractivity (Wildman–Crippen MR) is 88.5 cm³/mol.